The molecule has 4 aliphatic rings. The van der Waals surface area contributed by atoms with E-state index in [0.717, 1.165) is 98.3 Å². The first-order valence-corrected chi connectivity index (χ1v) is 26.7. The van der Waals surface area contributed by atoms with Crippen molar-refractivity contribution in [2.75, 3.05) is 87.7 Å². The number of nitrogens with one attached hydrogen (secondary N) is 1. The Labute approximate surface area is 435 Å². The topological polar surface area (TPSA) is 217 Å². The van der Waals surface area contributed by atoms with Gasteiger partial charge in [0.05, 0.1) is 52.0 Å². The monoisotopic (exact) mass is 1030 g/mol. The maximum absolute atomic E-state index is 14.3. The van der Waals surface area contributed by atoms with E-state index in [1.807, 2.05) is 81.9 Å². The molecule has 0 radical (unpaired) electrons. The highest BCUT2D eigenvalue weighted by Gasteiger charge is 2.44. The number of likely N-dealkylation sites (tertiary alicyclic amines) is 1. The molecule has 390 valence electrons. The summed E-state index contributed by atoms with van der Waals surface area (Å²) in [6.07, 6.45) is 6.71. The van der Waals surface area contributed by atoms with E-state index in [1.165, 1.54) is 4.90 Å². The number of hydrogen-bond donors (Lipinski definition) is 4. The second-order valence-corrected chi connectivity index (χ2v) is 21.2. The van der Waals surface area contributed by atoms with E-state index < -0.39 is 18.2 Å². The molecular formula is C54H67N13O6S. The van der Waals surface area contributed by atoms with Gasteiger partial charge in [-0.15, -0.1) is 21.5 Å². The highest BCUT2D eigenvalue weighted by atomic mass is 32.1. The number of aryl methyl sites for hydroxylation is 1. The van der Waals surface area contributed by atoms with Gasteiger partial charge in [0.1, 0.15) is 31.0 Å². The van der Waals surface area contributed by atoms with E-state index >= 15 is 0 Å². The predicted octanol–water partition coefficient (Wildman–Crippen LogP) is 5.42. The van der Waals surface area contributed by atoms with Crippen molar-refractivity contribution in [1.29, 1.82) is 0 Å². The van der Waals surface area contributed by atoms with Gasteiger partial charge in [0.15, 0.2) is 11.6 Å². The highest BCUT2D eigenvalue weighted by Crippen LogP contribution is 2.40. The lowest BCUT2D eigenvalue weighted by molar-refractivity contribution is -0.142. The van der Waals surface area contributed by atoms with E-state index in [0.29, 0.717) is 41.9 Å². The Balaban J connectivity index is 0.655. The fourth-order valence-corrected chi connectivity index (χ4v) is 11.9. The second-order valence-electron chi connectivity index (χ2n) is 20.3. The van der Waals surface area contributed by atoms with Gasteiger partial charge >= 0.3 is 0 Å². The van der Waals surface area contributed by atoms with Crippen LogP contribution in [0.3, 0.4) is 0 Å². The number of para-hydroxylation sites is 1. The first-order valence-electron chi connectivity index (χ1n) is 25.8. The van der Waals surface area contributed by atoms with E-state index in [4.69, 9.17) is 15.2 Å². The summed E-state index contributed by atoms with van der Waals surface area (Å²) in [7, 11) is 0. The molecule has 0 spiro atoms. The minimum atomic E-state index is -0.810. The standard InChI is InChI=1S/C54H67N13O6S/c1-34(2)50(54(71)65-31-42(68)26-47(65)53(70)59-35(3)37-9-11-38(12-10-37)51-36(4)57-33-74-51)66-32-43(28-58-66)72-23-21-62-17-19-63(20-18-62)22-24-73-49-25-39(15-16-56-49)67-40-13-14-41(67)30-64(29-40)46-27-45(60-61-52(46)55)44-7-5-6-8-48(44)69/h5-12,15-16,25,27-28,32-35,40-42,47,50,68-69H,13-14,17-24,26,29-31H2,1-4H3,(H2,55,61)(H,59,70). The molecule has 4 saturated heterocycles. The van der Waals surface area contributed by atoms with Gasteiger partial charge in [0.25, 0.3) is 0 Å². The number of ether oxygens (including phenoxy) is 2. The third-order valence-corrected chi connectivity index (χ3v) is 16.0. The zero-order valence-electron chi connectivity index (χ0n) is 42.5. The molecule has 74 heavy (non-hydrogen) atoms. The minimum Gasteiger partial charge on any atom is -0.507 e. The third-order valence-electron chi connectivity index (χ3n) is 15.0. The number of anilines is 3. The van der Waals surface area contributed by atoms with Gasteiger partial charge in [-0.25, -0.2) is 9.97 Å². The van der Waals surface area contributed by atoms with Crippen molar-refractivity contribution in [1.82, 2.24) is 50.0 Å². The molecule has 2 amide bonds. The summed E-state index contributed by atoms with van der Waals surface area (Å²) in [5.74, 6) is 1.03. The van der Waals surface area contributed by atoms with Crippen molar-refractivity contribution < 1.29 is 29.3 Å². The van der Waals surface area contributed by atoms with Gasteiger partial charge in [-0.3, -0.25) is 24.1 Å². The summed E-state index contributed by atoms with van der Waals surface area (Å²) in [6, 6.07) is 20.0. The summed E-state index contributed by atoms with van der Waals surface area (Å²) in [5, 5.41) is 37.4. The summed E-state index contributed by atoms with van der Waals surface area (Å²) >= 11 is 1.59. The molecule has 2 aromatic carbocycles. The number of carbonyl (C=O) groups is 2. The number of pyridine rings is 1. The van der Waals surface area contributed by atoms with Crippen molar-refractivity contribution in [3.63, 3.8) is 0 Å². The van der Waals surface area contributed by atoms with Gasteiger partial charge in [0, 0.05) is 101 Å². The fourth-order valence-electron chi connectivity index (χ4n) is 11.1. The molecule has 19 nitrogen and oxygen atoms in total. The van der Waals surface area contributed by atoms with Gasteiger partial charge in [0.2, 0.25) is 17.7 Å². The quantitative estimate of drug-likeness (QED) is 0.0845. The number of rotatable bonds is 18. The summed E-state index contributed by atoms with van der Waals surface area (Å²) < 4.78 is 14.0. The molecule has 8 heterocycles. The highest BCUT2D eigenvalue weighted by molar-refractivity contribution is 7.13. The van der Waals surface area contributed by atoms with Crippen LogP contribution in [0.25, 0.3) is 21.7 Å². The van der Waals surface area contributed by atoms with Crippen molar-refractivity contribution in [3.8, 4) is 39.1 Å². The zero-order chi connectivity index (χ0) is 51.5. The number of nitrogens with two attached hydrogens (primary N) is 1. The van der Waals surface area contributed by atoms with E-state index in [9.17, 15) is 19.8 Å². The first kappa shape index (κ1) is 50.7. The SMILES string of the molecule is Cc1ncsc1-c1ccc(C(C)NC(=O)C2CC(O)CN2C(=O)C(C(C)C)n2cc(OCCN3CCN(CCOc4cc(N5C6CCC5CN(c5cc(-c7ccccc7O)nnc5N)C6)ccn4)CC3)cn2)cc1. The van der Waals surface area contributed by atoms with E-state index in [-0.39, 0.29) is 54.6 Å². The Morgan fingerprint density at radius 1 is 0.892 bits per heavy atom. The number of amides is 2. The lowest BCUT2D eigenvalue weighted by Gasteiger charge is -2.43. The van der Waals surface area contributed by atoms with Crippen molar-refractivity contribution in [3.05, 3.63) is 102 Å². The number of aliphatic hydroxyl groups is 1. The number of phenolic OH excluding ortho intramolecular Hbond substituents is 1. The summed E-state index contributed by atoms with van der Waals surface area (Å²) in [5.41, 5.74) is 14.4. The Morgan fingerprint density at radius 2 is 1.61 bits per heavy atom. The van der Waals surface area contributed by atoms with Crippen LogP contribution < -0.4 is 30.3 Å². The Morgan fingerprint density at radius 3 is 2.30 bits per heavy atom. The molecule has 2 bridgehead atoms. The smallest absolute Gasteiger partial charge is 0.248 e. The van der Waals surface area contributed by atoms with Gasteiger partial charge < -0.3 is 45.4 Å². The minimum absolute atomic E-state index is 0.0728. The molecule has 4 aromatic heterocycles. The molecule has 10 rings (SSSR count). The number of hydrogen-bond acceptors (Lipinski definition) is 17. The first-order chi connectivity index (χ1) is 35.9. The number of nitrogen functional groups attached to an aromatic ring is 1. The molecule has 0 aliphatic carbocycles. The molecule has 20 heteroatoms. The molecule has 5 N–H and O–H groups in total. The van der Waals surface area contributed by atoms with Crippen LogP contribution in [0.4, 0.5) is 17.2 Å². The lowest BCUT2D eigenvalue weighted by Crippen LogP contribution is -2.54. The normalized spacial score (nSPS) is 21.0. The van der Waals surface area contributed by atoms with Crippen LogP contribution >= 0.6 is 11.3 Å². The zero-order valence-corrected chi connectivity index (χ0v) is 43.4. The van der Waals surface area contributed by atoms with Gasteiger partial charge in [-0.05, 0) is 68.0 Å². The number of aliphatic hydroxyl groups excluding tert-OH is 1. The fraction of sp³-hybridized carbons (Fsp3) is 0.463. The Hall–Kier alpha value is -6.87. The number of piperazine rings is 2. The lowest BCUT2D eigenvalue weighted by atomic mass is 10.0. The van der Waals surface area contributed by atoms with Crippen LogP contribution in [0, 0.1) is 12.8 Å². The molecule has 6 atom stereocenters. The van der Waals surface area contributed by atoms with Crippen LogP contribution in [0.2, 0.25) is 0 Å². The number of carbonyl (C=O) groups excluding carboxylic acids is 2. The van der Waals surface area contributed by atoms with Crippen LogP contribution in [0.15, 0.2) is 90.8 Å². The summed E-state index contributed by atoms with van der Waals surface area (Å²) in [6.45, 7) is 15.7. The number of benzene rings is 2. The maximum atomic E-state index is 14.3. The van der Waals surface area contributed by atoms with Gasteiger partial charge in [-0.2, -0.15) is 5.10 Å². The van der Waals surface area contributed by atoms with Gasteiger partial charge in [-0.1, -0.05) is 50.2 Å². The third kappa shape index (κ3) is 11.1. The van der Waals surface area contributed by atoms with Crippen molar-refractivity contribution in [2.45, 2.75) is 83.3 Å². The average molecular weight is 1030 g/mol. The Bertz CT molecular complexity index is 2880. The van der Waals surface area contributed by atoms with Crippen molar-refractivity contribution in [2.24, 2.45) is 5.92 Å². The number of phenols is 1. The number of fused-ring (bicyclic) bond motifs is 2. The second kappa shape index (κ2) is 22.3. The number of nitrogens with zero attached hydrogens (tertiary/aromatic N) is 11. The molecule has 4 aliphatic heterocycles. The number of β-amino-alcohol motifs (C(OH)–C–C–N with tert-alkyl or cyclic N) is 1. The number of aromatic nitrogens is 6. The van der Waals surface area contributed by atoms with Crippen LogP contribution in [-0.2, 0) is 9.59 Å². The Kier molecular flexibility index (Phi) is 15.3. The largest absolute Gasteiger partial charge is 0.507 e. The molecule has 6 unspecified atom stereocenters. The number of aromatic hydroxyl groups is 1. The maximum Gasteiger partial charge on any atom is 0.248 e. The van der Waals surface area contributed by atoms with E-state index in [2.05, 4.69) is 62.3 Å². The molecule has 0 saturated carbocycles. The summed E-state index contributed by atoms with van der Waals surface area (Å²) in [4.78, 5) is 49.2. The van der Waals surface area contributed by atoms with Crippen molar-refractivity contribution >= 4 is 40.3 Å². The molecule has 6 aromatic rings. The predicted molar refractivity (Wildman–Crippen MR) is 284 cm³/mol. The van der Waals surface area contributed by atoms with Crippen LogP contribution in [-0.4, -0.2) is 163 Å². The molecular weight excluding hydrogens is 959 g/mol. The van der Waals surface area contributed by atoms with Crippen LogP contribution in [0.5, 0.6) is 17.4 Å². The number of thiazole rings is 1. The molecule has 4 fully saturated rings. The average Bonchev–Trinajstić information content (AvgIpc) is 4.20. The van der Waals surface area contributed by atoms with Crippen LogP contribution in [0.1, 0.15) is 63.4 Å². The van der Waals surface area contributed by atoms with E-state index in [1.54, 1.807) is 40.5 Å².